The molecule has 0 aliphatic heterocycles. The van der Waals surface area contributed by atoms with E-state index in [0.717, 1.165) is 42.0 Å². The predicted octanol–water partition coefficient (Wildman–Crippen LogP) is 1.85. The van der Waals surface area contributed by atoms with E-state index in [0.29, 0.717) is 0 Å². The zero-order chi connectivity index (χ0) is 12.7. The predicted molar refractivity (Wildman–Crippen MR) is 71.5 cm³/mol. The lowest BCUT2D eigenvalue weighted by Gasteiger charge is -2.25. The van der Waals surface area contributed by atoms with E-state index in [1.54, 1.807) is 0 Å². The van der Waals surface area contributed by atoms with Crippen molar-refractivity contribution in [2.75, 3.05) is 18.0 Å². The Kier molecular flexibility index (Phi) is 3.06. The van der Waals surface area contributed by atoms with Gasteiger partial charge in [0.15, 0.2) is 0 Å². The number of hydrogen-bond acceptors (Lipinski definition) is 3. The standard InChI is InChI=1S/C14H23N3O/c1-10-13(9-18)14(16(2)15-10)17(7-11-3-4-11)8-12-5-6-12/h11-12,18H,3-9H2,1-2H3. The molecule has 2 fully saturated rings. The molecule has 2 aliphatic carbocycles. The van der Waals surface area contributed by atoms with Crippen molar-refractivity contribution in [2.24, 2.45) is 18.9 Å². The van der Waals surface area contributed by atoms with Gasteiger partial charge in [-0.05, 0) is 44.4 Å². The molecule has 0 bridgehead atoms. The first-order chi connectivity index (χ1) is 8.69. The van der Waals surface area contributed by atoms with Crippen molar-refractivity contribution in [3.63, 3.8) is 0 Å². The third-order valence-electron chi connectivity index (χ3n) is 4.12. The monoisotopic (exact) mass is 249 g/mol. The fraction of sp³-hybridized carbons (Fsp3) is 0.786. The van der Waals surface area contributed by atoms with Gasteiger partial charge in [0.25, 0.3) is 0 Å². The largest absolute Gasteiger partial charge is 0.391 e. The molecule has 1 aromatic heterocycles. The van der Waals surface area contributed by atoms with Crippen LogP contribution in [0.25, 0.3) is 0 Å². The van der Waals surface area contributed by atoms with Gasteiger partial charge in [-0.3, -0.25) is 4.68 Å². The van der Waals surface area contributed by atoms with E-state index in [9.17, 15) is 5.11 Å². The maximum absolute atomic E-state index is 9.58. The summed E-state index contributed by atoms with van der Waals surface area (Å²) in [5, 5.41) is 14.1. The summed E-state index contributed by atoms with van der Waals surface area (Å²) in [6.07, 6.45) is 5.47. The highest BCUT2D eigenvalue weighted by molar-refractivity contribution is 5.50. The Labute approximate surface area is 109 Å². The molecule has 1 heterocycles. The minimum absolute atomic E-state index is 0.0981. The number of anilines is 1. The van der Waals surface area contributed by atoms with Crippen LogP contribution in [0.2, 0.25) is 0 Å². The molecule has 1 N–H and O–H groups in total. The van der Waals surface area contributed by atoms with Crippen molar-refractivity contribution in [1.82, 2.24) is 9.78 Å². The van der Waals surface area contributed by atoms with Crippen LogP contribution >= 0.6 is 0 Å². The molecule has 100 valence electrons. The Balaban J connectivity index is 1.86. The van der Waals surface area contributed by atoms with E-state index in [-0.39, 0.29) is 6.61 Å². The van der Waals surface area contributed by atoms with Crippen molar-refractivity contribution in [2.45, 2.75) is 39.2 Å². The molecule has 0 saturated heterocycles. The topological polar surface area (TPSA) is 41.3 Å². The zero-order valence-electron chi connectivity index (χ0n) is 11.4. The SMILES string of the molecule is Cc1nn(C)c(N(CC2CC2)CC2CC2)c1CO. The Bertz CT molecular complexity index is 418. The summed E-state index contributed by atoms with van der Waals surface area (Å²) in [6, 6.07) is 0. The third-order valence-corrected chi connectivity index (χ3v) is 4.12. The molecular weight excluding hydrogens is 226 g/mol. The average molecular weight is 249 g/mol. The van der Waals surface area contributed by atoms with E-state index >= 15 is 0 Å². The van der Waals surface area contributed by atoms with Gasteiger partial charge < -0.3 is 10.0 Å². The highest BCUT2D eigenvalue weighted by atomic mass is 16.3. The minimum atomic E-state index is 0.0981. The first kappa shape index (κ1) is 12.0. The van der Waals surface area contributed by atoms with E-state index in [1.807, 2.05) is 18.7 Å². The van der Waals surface area contributed by atoms with E-state index in [2.05, 4.69) is 10.00 Å². The van der Waals surface area contributed by atoms with Gasteiger partial charge in [0.05, 0.1) is 12.3 Å². The van der Waals surface area contributed by atoms with Gasteiger partial charge in [0.1, 0.15) is 5.82 Å². The lowest BCUT2D eigenvalue weighted by molar-refractivity contribution is 0.281. The van der Waals surface area contributed by atoms with Crippen LogP contribution in [-0.4, -0.2) is 28.0 Å². The molecule has 0 aromatic carbocycles. The van der Waals surface area contributed by atoms with Crippen LogP contribution in [0.5, 0.6) is 0 Å². The van der Waals surface area contributed by atoms with E-state index in [4.69, 9.17) is 0 Å². The molecule has 0 atom stereocenters. The highest BCUT2D eigenvalue weighted by Gasteiger charge is 2.31. The quantitative estimate of drug-likeness (QED) is 0.836. The number of hydrogen-bond donors (Lipinski definition) is 1. The van der Waals surface area contributed by atoms with Crippen molar-refractivity contribution >= 4 is 5.82 Å². The van der Waals surface area contributed by atoms with Gasteiger partial charge in [-0.2, -0.15) is 5.10 Å². The van der Waals surface area contributed by atoms with Gasteiger partial charge in [0, 0.05) is 25.7 Å². The Morgan fingerprint density at radius 2 is 1.78 bits per heavy atom. The molecule has 2 saturated carbocycles. The number of aryl methyl sites for hydroxylation is 2. The van der Waals surface area contributed by atoms with Crippen molar-refractivity contribution < 1.29 is 5.11 Å². The molecule has 0 spiro atoms. The fourth-order valence-corrected chi connectivity index (χ4v) is 2.74. The van der Waals surface area contributed by atoms with Gasteiger partial charge >= 0.3 is 0 Å². The van der Waals surface area contributed by atoms with Crippen molar-refractivity contribution in [3.8, 4) is 0 Å². The minimum Gasteiger partial charge on any atom is -0.391 e. The van der Waals surface area contributed by atoms with Crippen LogP contribution in [-0.2, 0) is 13.7 Å². The third kappa shape index (κ3) is 2.39. The second-order valence-corrected chi connectivity index (χ2v) is 5.96. The van der Waals surface area contributed by atoms with Gasteiger partial charge in [-0.1, -0.05) is 0 Å². The molecule has 1 aromatic rings. The first-order valence-electron chi connectivity index (χ1n) is 7.07. The maximum Gasteiger partial charge on any atom is 0.132 e. The van der Waals surface area contributed by atoms with Crippen molar-refractivity contribution in [1.29, 1.82) is 0 Å². The number of nitrogens with zero attached hydrogens (tertiary/aromatic N) is 3. The average Bonchev–Trinajstić information content (AvgIpc) is 3.20. The number of aliphatic hydroxyl groups excluding tert-OH is 1. The maximum atomic E-state index is 9.58. The van der Waals surface area contributed by atoms with Crippen LogP contribution in [0.15, 0.2) is 0 Å². The van der Waals surface area contributed by atoms with Crippen LogP contribution < -0.4 is 4.90 Å². The molecule has 0 unspecified atom stereocenters. The normalized spacial score (nSPS) is 19.3. The highest BCUT2D eigenvalue weighted by Crippen LogP contribution is 2.37. The van der Waals surface area contributed by atoms with Gasteiger partial charge in [-0.15, -0.1) is 0 Å². The molecular formula is C14H23N3O. The van der Waals surface area contributed by atoms with Crippen LogP contribution in [0.4, 0.5) is 5.82 Å². The lowest BCUT2D eigenvalue weighted by Crippen LogP contribution is -2.30. The second-order valence-electron chi connectivity index (χ2n) is 5.96. The molecule has 4 heteroatoms. The molecule has 4 nitrogen and oxygen atoms in total. The summed E-state index contributed by atoms with van der Waals surface area (Å²) in [4.78, 5) is 2.47. The summed E-state index contributed by atoms with van der Waals surface area (Å²) in [6.45, 7) is 4.37. The number of rotatable bonds is 6. The Morgan fingerprint density at radius 3 is 2.22 bits per heavy atom. The van der Waals surface area contributed by atoms with E-state index in [1.165, 1.54) is 25.7 Å². The van der Waals surface area contributed by atoms with Crippen molar-refractivity contribution in [3.05, 3.63) is 11.3 Å². The van der Waals surface area contributed by atoms with Gasteiger partial charge in [-0.25, -0.2) is 0 Å². The van der Waals surface area contributed by atoms with Crippen LogP contribution in [0.1, 0.15) is 36.9 Å². The number of aliphatic hydroxyl groups is 1. The smallest absolute Gasteiger partial charge is 0.132 e. The number of aromatic nitrogens is 2. The summed E-state index contributed by atoms with van der Waals surface area (Å²) in [5.41, 5.74) is 1.98. The molecule has 0 amide bonds. The summed E-state index contributed by atoms with van der Waals surface area (Å²) in [5.74, 6) is 2.88. The summed E-state index contributed by atoms with van der Waals surface area (Å²) < 4.78 is 1.95. The first-order valence-corrected chi connectivity index (χ1v) is 7.07. The zero-order valence-corrected chi connectivity index (χ0v) is 11.4. The molecule has 2 aliphatic rings. The molecule has 0 radical (unpaired) electrons. The molecule has 3 rings (SSSR count). The Hall–Kier alpha value is -1.03. The Morgan fingerprint density at radius 1 is 1.22 bits per heavy atom. The lowest BCUT2D eigenvalue weighted by atomic mass is 10.2. The van der Waals surface area contributed by atoms with Crippen LogP contribution in [0.3, 0.4) is 0 Å². The summed E-state index contributed by atoms with van der Waals surface area (Å²) >= 11 is 0. The summed E-state index contributed by atoms with van der Waals surface area (Å²) in [7, 11) is 1.99. The van der Waals surface area contributed by atoms with E-state index < -0.39 is 0 Å². The van der Waals surface area contributed by atoms with Crippen LogP contribution in [0, 0.1) is 18.8 Å². The molecule has 18 heavy (non-hydrogen) atoms. The fourth-order valence-electron chi connectivity index (χ4n) is 2.74. The second kappa shape index (κ2) is 4.57. The van der Waals surface area contributed by atoms with Gasteiger partial charge in [0.2, 0.25) is 0 Å².